The van der Waals surface area contributed by atoms with Crippen molar-refractivity contribution in [1.82, 2.24) is 4.31 Å². The molecule has 1 aromatic carbocycles. The summed E-state index contributed by atoms with van der Waals surface area (Å²) in [5, 5.41) is 9.18. The normalized spacial score (nSPS) is 12.3. The molecule has 1 rings (SSSR count). The van der Waals surface area contributed by atoms with Crippen molar-refractivity contribution in [3.8, 4) is 5.75 Å². The molecule has 1 aromatic rings. The minimum Gasteiger partial charge on any atom is -0.508 e. The Morgan fingerprint density at radius 3 is 2.28 bits per heavy atom. The van der Waals surface area contributed by atoms with E-state index in [9.17, 15) is 13.5 Å². The average Bonchev–Trinajstić information content (AvgIpc) is 2.29. The van der Waals surface area contributed by atoms with Gasteiger partial charge in [-0.25, -0.2) is 8.42 Å². The molecule has 0 saturated carbocycles. The number of sulfonamides is 1. The summed E-state index contributed by atoms with van der Waals surface area (Å²) in [5.74, 6) is 0.0435. The highest BCUT2D eigenvalue weighted by atomic mass is 32.2. The zero-order valence-corrected chi connectivity index (χ0v) is 11.6. The van der Waals surface area contributed by atoms with Crippen molar-refractivity contribution in [3.63, 3.8) is 0 Å². The maximum atomic E-state index is 12.4. The van der Waals surface area contributed by atoms with Gasteiger partial charge in [0.05, 0.1) is 11.5 Å². The van der Waals surface area contributed by atoms with E-state index in [2.05, 4.69) is 0 Å². The number of phenolic OH excluding ortho intramolecular Hbond substituents is 1. The number of aromatic hydroxyl groups is 1. The lowest BCUT2D eigenvalue weighted by atomic mass is 10.3. The van der Waals surface area contributed by atoms with Crippen LogP contribution in [0.5, 0.6) is 5.75 Å². The molecule has 0 heterocycles. The lowest BCUT2D eigenvalue weighted by Gasteiger charge is -2.25. The fourth-order valence-corrected chi connectivity index (χ4v) is 3.21. The standard InChI is InChI=1S/C12H19NO4S/c1-10(2)13(8-9-17-3)18(15,16)12-6-4-11(14)5-7-12/h4-7,10,14H,8-9H2,1-3H3. The second kappa shape index (κ2) is 6.17. The summed E-state index contributed by atoms with van der Waals surface area (Å²) in [5.41, 5.74) is 0. The molecule has 0 radical (unpaired) electrons. The largest absolute Gasteiger partial charge is 0.508 e. The van der Waals surface area contributed by atoms with Gasteiger partial charge in [0.2, 0.25) is 10.0 Å². The van der Waals surface area contributed by atoms with Crippen molar-refractivity contribution in [2.45, 2.75) is 24.8 Å². The van der Waals surface area contributed by atoms with Gasteiger partial charge in [0.25, 0.3) is 0 Å². The van der Waals surface area contributed by atoms with Crippen LogP contribution >= 0.6 is 0 Å². The Kier molecular flexibility index (Phi) is 5.13. The molecule has 6 heteroatoms. The molecule has 0 aliphatic rings. The molecular weight excluding hydrogens is 254 g/mol. The van der Waals surface area contributed by atoms with Gasteiger partial charge in [0.15, 0.2) is 0 Å². The molecular formula is C12H19NO4S. The van der Waals surface area contributed by atoms with Crippen LogP contribution in [-0.4, -0.2) is 44.1 Å². The third-order valence-corrected chi connectivity index (χ3v) is 4.62. The molecule has 0 bridgehead atoms. The van der Waals surface area contributed by atoms with Gasteiger partial charge < -0.3 is 9.84 Å². The van der Waals surface area contributed by atoms with Crippen molar-refractivity contribution in [2.24, 2.45) is 0 Å². The summed E-state index contributed by atoms with van der Waals surface area (Å²) in [6, 6.07) is 5.36. The highest BCUT2D eigenvalue weighted by Gasteiger charge is 2.26. The van der Waals surface area contributed by atoms with Crippen LogP contribution in [0.25, 0.3) is 0 Å². The van der Waals surface area contributed by atoms with Crippen LogP contribution in [0.1, 0.15) is 13.8 Å². The van der Waals surface area contributed by atoms with E-state index in [4.69, 9.17) is 4.74 Å². The van der Waals surface area contributed by atoms with Crippen molar-refractivity contribution < 1.29 is 18.3 Å². The molecule has 5 nitrogen and oxygen atoms in total. The number of phenols is 1. The molecule has 1 N–H and O–H groups in total. The van der Waals surface area contributed by atoms with E-state index in [1.807, 2.05) is 13.8 Å². The van der Waals surface area contributed by atoms with Crippen molar-refractivity contribution in [2.75, 3.05) is 20.3 Å². The Labute approximate surface area is 108 Å². The summed E-state index contributed by atoms with van der Waals surface area (Å²) in [7, 11) is -2.01. The Bertz CT molecular complexity index is 467. The van der Waals surface area contributed by atoms with E-state index in [0.717, 1.165) is 0 Å². The molecule has 18 heavy (non-hydrogen) atoms. The van der Waals surface area contributed by atoms with Crippen LogP contribution in [-0.2, 0) is 14.8 Å². The van der Waals surface area contributed by atoms with E-state index < -0.39 is 10.0 Å². The Hall–Kier alpha value is -1.11. The van der Waals surface area contributed by atoms with Gasteiger partial charge >= 0.3 is 0 Å². The zero-order chi connectivity index (χ0) is 13.8. The molecule has 102 valence electrons. The van der Waals surface area contributed by atoms with Crippen molar-refractivity contribution >= 4 is 10.0 Å². The van der Waals surface area contributed by atoms with Gasteiger partial charge in [-0.3, -0.25) is 0 Å². The van der Waals surface area contributed by atoms with Gasteiger partial charge in [0.1, 0.15) is 5.75 Å². The van der Waals surface area contributed by atoms with Gasteiger partial charge in [-0.1, -0.05) is 0 Å². The van der Waals surface area contributed by atoms with Gasteiger partial charge in [-0.2, -0.15) is 4.31 Å². The molecule has 0 amide bonds. The maximum absolute atomic E-state index is 12.4. The predicted molar refractivity (Wildman–Crippen MR) is 69.0 cm³/mol. The Morgan fingerprint density at radius 1 is 1.28 bits per heavy atom. The third-order valence-electron chi connectivity index (χ3n) is 2.54. The predicted octanol–water partition coefficient (Wildman–Crippen LogP) is 1.44. The highest BCUT2D eigenvalue weighted by Crippen LogP contribution is 2.20. The molecule has 0 aliphatic heterocycles. The van der Waals surface area contributed by atoms with Crippen molar-refractivity contribution in [3.05, 3.63) is 24.3 Å². The second-order valence-corrected chi connectivity index (χ2v) is 6.09. The summed E-state index contributed by atoms with van der Waals surface area (Å²) < 4.78 is 31.1. The number of rotatable bonds is 6. The molecule has 0 aliphatic carbocycles. The SMILES string of the molecule is COCCN(C(C)C)S(=O)(=O)c1ccc(O)cc1. The fourth-order valence-electron chi connectivity index (χ4n) is 1.59. The number of ether oxygens (including phenoxy) is 1. The van der Waals surface area contributed by atoms with Gasteiger partial charge in [-0.05, 0) is 38.1 Å². The van der Waals surface area contributed by atoms with E-state index in [1.54, 1.807) is 0 Å². The smallest absolute Gasteiger partial charge is 0.243 e. The molecule has 0 saturated heterocycles. The third kappa shape index (κ3) is 3.44. The molecule has 0 spiro atoms. The van der Waals surface area contributed by atoms with Gasteiger partial charge in [-0.15, -0.1) is 0 Å². The Morgan fingerprint density at radius 2 is 1.83 bits per heavy atom. The quantitative estimate of drug-likeness (QED) is 0.851. The minimum absolute atomic E-state index is 0.0435. The lowest BCUT2D eigenvalue weighted by molar-refractivity contribution is 0.171. The minimum atomic E-state index is -3.55. The first-order valence-electron chi connectivity index (χ1n) is 5.69. The number of hydrogen-bond donors (Lipinski definition) is 1. The van der Waals surface area contributed by atoms with Crippen molar-refractivity contribution in [1.29, 1.82) is 0 Å². The van der Waals surface area contributed by atoms with E-state index >= 15 is 0 Å². The Balaban J connectivity index is 3.05. The molecule has 0 fully saturated rings. The summed E-state index contributed by atoms with van der Waals surface area (Å²) in [4.78, 5) is 0.171. The number of methoxy groups -OCH3 is 1. The fraction of sp³-hybridized carbons (Fsp3) is 0.500. The second-order valence-electron chi connectivity index (χ2n) is 4.20. The summed E-state index contributed by atoms with van der Waals surface area (Å²) in [6.07, 6.45) is 0. The first kappa shape index (κ1) is 14.9. The van der Waals surface area contributed by atoms with E-state index in [1.165, 1.54) is 35.7 Å². The van der Waals surface area contributed by atoms with Crippen LogP contribution < -0.4 is 0 Å². The summed E-state index contributed by atoms with van der Waals surface area (Å²) >= 11 is 0. The van der Waals surface area contributed by atoms with Crippen LogP contribution in [0.3, 0.4) is 0 Å². The van der Waals surface area contributed by atoms with Crippen LogP contribution in [0.4, 0.5) is 0 Å². The van der Waals surface area contributed by atoms with E-state index in [0.29, 0.717) is 13.2 Å². The van der Waals surface area contributed by atoms with Crippen LogP contribution in [0, 0.1) is 0 Å². The first-order chi connectivity index (χ1) is 8.39. The van der Waals surface area contributed by atoms with Crippen LogP contribution in [0.2, 0.25) is 0 Å². The highest BCUT2D eigenvalue weighted by molar-refractivity contribution is 7.89. The lowest BCUT2D eigenvalue weighted by Crippen LogP contribution is -2.39. The molecule has 0 unspecified atom stereocenters. The maximum Gasteiger partial charge on any atom is 0.243 e. The zero-order valence-electron chi connectivity index (χ0n) is 10.8. The number of hydrogen-bond acceptors (Lipinski definition) is 4. The molecule has 0 atom stereocenters. The number of nitrogens with zero attached hydrogens (tertiary/aromatic N) is 1. The molecule has 0 aromatic heterocycles. The average molecular weight is 273 g/mol. The van der Waals surface area contributed by atoms with Gasteiger partial charge in [0, 0.05) is 19.7 Å². The number of benzene rings is 1. The monoisotopic (exact) mass is 273 g/mol. The van der Waals surface area contributed by atoms with E-state index in [-0.39, 0.29) is 16.7 Å². The van der Waals surface area contributed by atoms with Crippen LogP contribution in [0.15, 0.2) is 29.2 Å². The summed E-state index contributed by atoms with van der Waals surface area (Å²) in [6.45, 7) is 4.27. The first-order valence-corrected chi connectivity index (χ1v) is 7.13. The topological polar surface area (TPSA) is 66.8 Å².